The Morgan fingerprint density at radius 2 is 2.00 bits per heavy atom. The van der Waals surface area contributed by atoms with Crippen molar-refractivity contribution in [2.45, 2.75) is 83.8 Å². The molecule has 1 aromatic heterocycles. The smallest absolute Gasteiger partial charge is 0.310 e. The summed E-state index contributed by atoms with van der Waals surface area (Å²) in [6, 6.07) is 3.16. The van der Waals surface area contributed by atoms with Gasteiger partial charge >= 0.3 is 5.97 Å². The molecular weight excluding hydrogens is 558 g/mol. The molecule has 3 heterocycles. The summed E-state index contributed by atoms with van der Waals surface area (Å²) in [7, 11) is 1.90. The van der Waals surface area contributed by atoms with Crippen molar-refractivity contribution < 1.29 is 24.2 Å². The van der Waals surface area contributed by atoms with Gasteiger partial charge in [0.25, 0.3) is 0 Å². The van der Waals surface area contributed by atoms with E-state index in [0.717, 1.165) is 48.2 Å². The zero-order valence-electron chi connectivity index (χ0n) is 24.6. The molecule has 1 aromatic carbocycles. The molecule has 0 bridgehead atoms. The minimum Gasteiger partial charge on any atom is -0.487 e. The summed E-state index contributed by atoms with van der Waals surface area (Å²) >= 11 is 6.76. The Morgan fingerprint density at radius 3 is 2.69 bits per heavy atom. The minimum absolute atomic E-state index is 0.0631. The summed E-state index contributed by atoms with van der Waals surface area (Å²) in [6.07, 6.45) is 5.83. The van der Waals surface area contributed by atoms with Crippen LogP contribution in [0.25, 0.3) is 0 Å². The molecule has 2 aliphatic carbocycles. The number of hydrogen-bond acceptors (Lipinski definition) is 6. The summed E-state index contributed by atoms with van der Waals surface area (Å²) in [5.41, 5.74) is 2.48. The molecule has 10 nitrogen and oxygen atoms in total. The van der Waals surface area contributed by atoms with Gasteiger partial charge in [-0.05, 0) is 62.6 Å². The first kappa shape index (κ1) is 29.0. The van der Waals surface area contributed by atoms with Gasteiger partial charge in [0.05, 0.1) is 23.1 Å². The molecule has 4 aliphatic rings. The molecule has 2 amide bonds. The molecule has 2 aliphatic heterocycles. The first-order valence-corrected chi connectivity index (χ1v) is 15.6. The van der Waals surface area contributed by atoms with Gasteiger partial charge in [-0.15, -0.1) is 5.10 Å². The lowest BCUT2D eigenvalue weighted by atomic mass is 9.66. The van der Waals surface area contributed by atoms with E-state index in [9.17, 15) is 19.5 Å². The lowest BCUT2D eigenvalue weighted by Crippen LogP contribution is -2.52. The Labute approximate surface area is 251 Å². The van der Waals surface area contributed by atoms with E-state index >= 15 is 0 Å². The number of rotatable bonds is 8. The highest BCUT2D eigenvalue weighted by Gasteiger charge is 2.50. The number of benzene rings is 1. The predicted octanol–water partition coefficient (Wildman–Crippen LogP) is 4.50. The number of aromatic nitrogens is 3. The lowest BCUT2D eigenvalue weighted by Gasteiger charge is -2.45. The molecule has 11 heteroatoms. The Bertz CT molecular complexity index is 1410. The van der Waals surface area contributed by atoms with Crippen LogP contribution in [-0.2, 0) is 34.5 Å². The van der Waals surface area contributed by atoms with Gasteiger partial charge in [-0.2, -0.15) is 0 Å². The fourth-order valence-corrected chi connectivity index (χ4v) is 7.67. The molecule has 4 atom stereocenters. The number of nitrogens with zero attached hydrogens (tertiary/aromatic N) is 5. The van der Waals surface area contributed by atoms with Crippen LogP contribution in [0.2, 0.25) is 5.02 Å². The van der Waals surface area contributed by atoms with E-state index in [1.54, 1.807) is 6.92 Å². The van der Waals surface area contributed by atoms with Gasteiger partial charge < -0.3 is 19.6 Å². The van der Waals surface area contributed by atoms with Crippen molar-refractivity contribution in [3.05, 3.63) is 39.7 Å². The van der Waals surface area contributed by atoms with Crippen molar-refractivity contribution in [2.75, 3.05) is 19.6 Å². The fourth-order valence-electron chi connectivity index (χ4n) is 7.41. The average Bonchev–Trinajstić information content (AvgIpc) is 3.65. The van der Waals surface area contributed by atoms with E-state index in [1.165, 1.54) is 0 Å². The van der Waals surface area contributed by atoms with Crippen molar-refractivity contribution in [3.63, 3.8) is 0 Å². The maximum Gasteiger partial charge on any atom is 0.310 e. The molecule has 1 saturated heterocycles. The zero-order valence-corrected chi connectivity index (χ0v) is 25.4. The summed E-state index contributed by atoms with van der Waals surface area (Å²) in [6.45, 7) is 5.32. The molecule has 6 rings (SSSR count). The summed E-state index contributed by atoms with van der Waals surface area (Å²) in [5.74, 6) is -0.379. The molecule has 2 aromatic rings. The molecule has 0 radical (unpaired) electrons. The van der Waals surface area contributed by atoms with Gasteiger partial charge in [-0.25, -0.2) is 0 Å². The molecule has 0 unspecified atom stereocenters. The average molecular weight is 598 g/mol. The third-order valence-corrected chi connectivity index (χ3v) is 10.3. The van der Waals surface area contributed by atoms with Crippen molar-refractivity contribution >= 4 is 29.4 Å². The Kier molecular flexibility index (Phi) is 7.70. The number of carbonyl (C=O) groups is 3. The molecule has 3 fully saturated rings. The number of carboxylic acid groups (broad SMARTS) is 1. The number of likely N-dealkylation sites (tertiary alicyclic amines) is 1. The lowest BCUT2D eigenvalue weighted by molar-refractivity contribution is -0.162. The highest BCUT2D eigenvalue weighted by Crippen LogP contribution is 2.47. The Morgan fingerprint density at radius 1 is 1.21 bits per heavy atom. The number of halogens is 1. The minimum atomic E-state index is -1.13. The van der Waals surface area contributed by atoms with E-state index < -0.39 is 23.3 Å². The van der Waals surface area contributed by atoms with Gasteiger partial charge in [0, 0.05) is 49.6 Å². The summed E-state index contributed by atoms with van der Waals surface area (Å²) in [4.78, 5) is 43.5. The fraction of sp³-hybridized carbons (Fsp3) is 0.645. The van der Waals surface area contributed by atoms with Gasteiger partial charge in [0.15, 0.2) is 0 Å². The van der Waals surface area contributed by atoms with E-state index in [1.807, 2.05) is 33.7 Å². The van der Waals surface area contributed by atoms with Crippen molar-refractivity contribution in [2.24, 2.45) is 24.3 Å². The number of amides is 2. The van der Waals surface area contributed by atoms with Crippen LogP contribution in [0.4, 0.5) is 0 Å². The van der Waals surface area contributed by atoms with E-state index in [4.69, 9.17) is 16.3 Å². The third-order valence-electron chi connectivity index (χ3n) is 9.92. The van der Waals surface area contributed by atoms with Crippen LogP contribution in [0, 0.1) is 17.3 Å². The van der Waals surface area contributed by atoms with Gasteiger partial charge in [-0.3, -0.25) is 19.1 Å². The first-order chi connectivity index (χ1) is 20.1. The number of fused-ring (bicyclic) bond motifs is 1. The maximum atomic E-state index is 14.4. The highest BCUT2D eigenvalue weighted by molar-refractivity contribution is 6.31. The van der Waals surface area contributed by atoms with E-state index in [0.29, 0.717) is 62.0 Å². The first-order valence-electron chi connectivity index (χ1n) is 15.2. The van der Waals surface area contributed by atoms with Gasteiger partial charge in [-0.1, -0.05) is 36.6 Å². The van der Waals surface area contributed by atoms with Crippen LogP contribution in [0.5, 0.6) is 5.75 Å². The van der Waals surface area contributed by atoms with Crippen LogP contribution in [0.15, 0.2) is 12.1 Å². The largest absolute Gasteiger partial charge is 0.487 e. The number of carbonyl (C=O) groups excluding carboxylic acids is 2. The number of carboxylic acids is 1. The monoisotopic (exact) mass is 597 g/mol. The molecule has 0 spiro atoms. The van der Waals surface area contributed by atoms with E-state index in [-0.39, 0.29) is 24.3 Å². The van der Waals surface area contributed by atoms with Crippen LogP contribution >= 0.6 is 11.6 Å². The third kappa shape index (κ3) is 5.16. The van der Waals surface area contributed by atoms with Gasteiger partial charge in [0.2, 0.25) is 11.8 Å². The molecule has 42 heavy (non-hydrogen) atoms. The van der Waals surface area contributed by atoms with Crippen LogP contribution in [-0.4, -0.2) is 67.3 Å². The SMILES string of the molecule is C[C@@H]1CC(=O)N(C[C@@H]2c3c(OCc4nnn(C)c4C4CC4)ccc(Cl)c3CCN2C(=O)[C@@H]2CCCC[C@]2(C)C(=O)O)C1. The van der Waals surface area contributed by atoms with Crippen molar-refractivity contribution in [1.29, 1.82) is 0 Å². The maximum absolute atomic E-state index is 14.4. The van der Waals surface area contributed by atoms with Crippen molar-refractivity contribution in [3.8, 4) is 5.75 Å². The second-order valence-electron chi connectivity index (χ2n) is 13.0. The molecule has 1 N–H and O–H groups in total. The molecule has 226 valence electrons. The summed E-state index contributed by atoms with van der Waals surface area (Å²) in [5, 5.41) is 19.4. The quantitative estimate of drug-likeness (QED) is 0.476. The number of aryl methyl sites for hydroxylation is 1. The Hall–Kier alpha value is -3.14. The normalized spacial score (nSPS) is 27.7. The zero-order chi connectivity index (χ0) is 29.8. The van der Waals surface area contributed by atoms with Gasteiger partial charge in [0.1, 0.15) is 18.1 Å². The predicted molar refractivity (Wildman–Crippen MR) is 155 cm³/mol. The van der Waals surface area contributed by atoms with Crippen LogP contribution < -0.4 is 4.74 Å². The number of aliphatic carboxylic acids is 1. The summed E-state index contributed by atoms with van der Waals surface area (Å²) < 4.78 is 8.28. The number of hydrogen-bond donors (Lipinski definition) is 1. The second-order valence-corrected chi connectivity index (χ2v) is 13.4. The standard InChI is InChI=1S/C31H40ClN5O5/c1-18-14-26(38)36(15-18)16-24-27-20(11-13-37(24)29(39)21-6-4-5-12-31(21,2)30(40)41)22(32)9-10-25(27)42-17-23-28(19-7-8-19)35(3)34-33-23/h9-10,18-19,21,24H,4-8,11-17H2,1-3H3,(H,40,41)/t18-,21+,24-,31+/m1/s1. The topological polar surface area (TPSA) is 118 Å². The van der Waals surface area contributed by atoms with Crippen LogP contribution in [0.3, 0.4) is 0 Å². The highest BCUT2D eigenvalue weighted by atomic mass is 35.5. The van der Waals surface area contributed by atoms with Crippen LogP contribution in [0.1, 0.15) is 93.3 Å². The molecule has 2 saturated carbocycles. The number of ether oxygens (including phenoxy) is 1. The molecular formula is C31H40ClN5O5. The van der Waals surface area contributed by atoms with E-state index in [2.05, 4.69) is 17.2 Å². The van der Waals surface area contributed by atoms with Crippen molar-refractivity contribution in [1.82, 2.24) is 24.8 Å². The second kappa shape index (κ2) is 11.2. The Balaban J connectivity index is 1.37.